The number of nitrogens with one attached hydrogen (secondary N) is 1. The molecule has 2 rings (SSSR count). The van der Waals surface area contributed by atoms with Crippen LogP contribution in [0.3, 0.4) is 0 Å². The first-order valence-corrected chi connectivity index (χ1v) is 9.43. The van der Waals surface area contributed by atoms with E-state index < -0.39 is 19.9 Å². The quantitative estimate of drug-likeness (QED) is 0.916. The molecule has 0 saturated carbocycles. The van der Waals surface area contributed by atoms with E-state index in [2.05, 4.69) is 4.72 Å². The molecule has 0 spiro atoms. The van der Waals surface area contributed by atoms with Crippen molar-refractivity contribution in [1.29, 1.82) is 5.26 Å². The lowest BCUT2D eigenvalue weighted by atomic mass is 10.2. The first-order valence-electron chi connectivity index (χ1n) is 6.05. The van der Waals surface area contributed by atoms with Crippen molar-refractivity contribution in [2.24, 2.45) is 0 Å². The molecule has 0 aliphatic carbocycles. The van der Waals surface area contributed by atoms with Crippen LogP contribution in [0, 0.1) is 11.3 Å². The normalized spacial score (nSPS) is 11.6. The molecular weight excluding hydrogens is 324 g/mol. The van der Waals surface area contributed by atoms with Gasteiger partial charge in [-0.3, -0.25) is 4.72 Å². The summed E-state index contributed by atoms with van der Waals surface area (Å²) in [7, 11) is -7.28. The zero-order chi connectivity index (χ0) is 16.4. The number of sulfonamides is 1. The standard InChI is InChI=1S/C14H12N2O4S2/c1-21(17,18)14-4-2-3-12(9-14)16-22(19,20)13-7-5-11(10-15)6-8-13/h2-9,16H,1H3. The zero-order valence-corrected chi connectivity index (χ0v) is 13.1. The summed E-state index contributed by atoms with van der Waals surface area (Å²) in [5.41, 5.74) is 0.491. The van der Waals surface area contributed by atoms with Crippen LogP contribution in [0.4, 0.5) is 5.69 Å². The van der Waals surface area contributed by atoms with E-state index in [1.807, 2.05) is 6.07 Å². The number of rotatable bonds is 4. The van der Waals surface area contributed by atoms with Gasteiger partial charge in [0.2, 0.25) is 0 Å². The number of nitriles is 1. The Labute approximate surface area is 129 Å². The minimum atomic E-state index is -3.85. The van der Waals surface area contributed by atoms with Crippen molar-refractivity contribution in [3.63, 3.8) is 0 Å². The summed E-state index contributed by atoms with van der Waals surface area (Å²) in [5.74, 6) is 0. The molecule has 6 nitrogen and oxygen atoms in total. The molecule has 2 aromatic rings. The van der Waals surface area contributed by atoms with Gasteiger partial charge in [-0.2, -0.15) is 5.26 Å². The van der Waals surface area contributed by atoms with E-state index in [-0.39, 0.29) is 15.5 Å². The van der Waals surface area contributed by atoms with E-state index in [1.54, 1.807) is 0 Å². The summed E-state index contributed by atoms with van der Waals surface area (Å²) in [6, 6.07) is 12.8. The lowest BCUT2D eigenvalue weighted by molar-refractivity contribution is 0.599. The fraction of sp³-hybridized carbons (Fsp3) is 0.0714. The zero-order valence-electron chi connectivity index (χ0n) is 11.5. The van der Waals surface area contributed by atoms with Gasteiger partial charge in [0.1, 0.15) is 0 Å². The molecule has 1 N–H and O–H groups in total. The first-order chi connectivity index (χ1) is 10.2. The van der Waals surface area contributed by atoms with Gasteiger partial charge in [0.15, 0.2) is 9.84 Å². The fourth-order valence-electron chi connectivity index (χ4n) is 1.71. The number of hydrogen-bond donors (Lipinski definition) is 1. The van der Waals surface area contributed by atoms with Crippen LogP contribution in [-0.2, 0) is 19.9 Å². The predicted octanol–water partition coefficient (Wildman–Crippen LogP) is 1.76. The Morgan fingerprint density at radius 1 is 0.955 bits per heavy atom. The molecule has 114 valence electrons. The van der Waals surface area contributed by atoms with Crippen LogP contribution in [0.5, 0.6) is 0 Å². The molecule has 8 heteroatoms. The molecule has 0 bridgehead atoms. The predicted molar refractivity (Wildman–Crippen MR) is 81.5 cm³/mol. The van der Waals surface area contributed by atoms with Crippen molar-refractivity contribution in [3.05, 3.63) is 54.1 Å². The highest BCUT2D eigenvalue weighted by Gasteiger charge is 2.15. The van der Waals surface area contributed by atoms with Gasteiger partial charge in [0.25, 0.3) is 10.0 Å². The summed E-state index contributed by atoms with van der Waals surface area (Å²) in [4.78, 5) is 0.00351. The van der Waals surface area contributed by atoms with Crippen LogP contribution in [0.2, 0.25) is 0 Å². The van der Waals surface area contributed by atoms with Crippen LogP contribution in [0.1, 0.15) is 5.56 Å². The fourth-order valence-corrected chi connectivity index (χ4v) is 3.43. The minimum Gasteiger partial charge on any atom is -0.280 e. The Bertz CT molecular complexity index is 941. The average Bonchev–Trinajstić information content (AvgIpc) is 2.46. The molecule has 0 amide bonds. The summed E-state index contributed by atoms with van der Waals surface area (Å²) in [6.07, 6.45) is 1.04. The monoisotopic (exact) mass is 336 g/mol. The van der Waals surface area contributed by atoms with E-state index in [0.29, 0.717) is 5.56 Å². The summed E-state index contributed by atoms with van der Waals surface area (Å²) >= 11 is 0. The van der Waals surface area contributed by atoms with Gasteiger partial charge in [0, 0.05) is 6.26 Å². The van der Waals surface area contributed by atoms with Crippen LogP contribution in [0.25, 0.3) is 0 Å². The van der Waals surface area contributed by atoms with Gasteiger partial charge in [0.05, 0.1) is 27.1 Å². The second-order valence-electron chi connectivity index (χ2n) is 4.54. The smallest absolute Gasteiger partial charge is 0.261 e. The highest BCUT2D eigenvalue weighted by Crippen LogP contribution is 2.19. The van der Waals surface area contributed by atoms with E-state index in [4.69, 9.17) is 5.26 Å². The maximum Gasteiger partial charge on any atom is 0.261 e. The Morgan fingerprint density at radius 3 is 2.14 bits per heavy atom. The van der Waals surface area contributed by atoms with Gasteiger partial charge < -0.3 is 0 Å². The molecule has 2 aromatic carbocycles. The van der Waals surface area contributed by atoms with Crippen LogP contribution in [0.15, 0.2) is 58.3 Å². The van der Waals surface area contributed by atoms with Gasteiger partial charge in [-0.1, -0.05) is 6.07 Å². The largest absolute Gasteiger partial charge is 0.280 e. The van der Waals surface area contributed by atoms with Crippen molar-refractivity contribution in [3.8, 4) is 6.07 Å². The first kappa shape index (κ1) is 16.0. The number of nitrogens with zero attached hydrogens (tertiary/aromatic N) is 1. The van der Waals surface area contributed by atoms with E-state index in [9.17, 15) is 16.8 Å². The summed E-state index contributed by atoms with van der Waals surface area (Å²) in [5, 5.41) is 8.70. The van der Waals surface area contributed by atoms with Crippen molar-refractivity contribution in [1.82, 2.24) is 0 Å². The number of sulfone groups is 1. The van der Waals surface area contributed by atoms with Gasteiger partial charge in [-0.05, 0) is 42.5 Å². The third-order valence-corrected chi connectivity index (χ3v) is 5.32. The van der Waals surface area contributed by atoms with Crippen molar-refractivity contribution in [2.75, 3.05) is 11.0 Å². The second-order valence-corrected chi connectivity index (χ2v) is 8.24. The molecule has 0 fully saturated rings. The van der Waals surface area contributed by atoms with Crippen molar-refractivity contribution < 1.29 is 16.8 Å². The molecule has 0 unspecified atom stereocenters. The van der Waals surface area contributed by atoms with Gasteiger partial charge in [-0.25, -0.2) is 16.8 Å². The summed E-state index contributed by atoms with van der Waals surface area (Å²) < 4.78 is 49.7. The number of benzene rings is 2. The molecule has 22 heavy (non-hydrogen) atoms. The molecule has 0 atom stereocenters. The number of anilines is 1. The van der Waals surface area contributed by atoms with Crippen LogP contribution < -0.4 is 4.72 Å². The Balaban J connectivity index is 2.35. The lowest BCUT2D eigenvalue weighted by Gasteiger charge is -2.09. The van der Waals surface area contributed by atoms with Gasteiger partial charge >= 0.3 is 0 Å². The molecule has 0 aliphatic heterocycles. The maximum atomic E-state index is 12.2. The van der Waals surface area contributed by atoms with Crippen molar-refractivity contribution >= 4 is 25.5 Å². The highest BCUT2D eigenvalue weighted by molar-refractivity contribution is 7.92. The van der Waals surface area contributed by atoms with E-state index in [0.717, 1.165) is 6.26 Å². The van der Waals surface area contributed by atoms with Crippen molar-refractivity contribution in [2.45, 2.75) is 9.79 Å². The SMILES string of the molecule is CS(=O)(=O)c1cccc(NS(=O)(=O)c2ccc(C#N)cc2)c1. The number of hydrogen-bond acceptors (Lipinski definition) is 5. The average molecular weight is 336 g/mol. The topological polar surface area (TPSA) is 104 Å². The maximum absolute atomic E-state index is 12.2. The molecule has 0 aliphatic rings. The molecule has 0 radical (unpaired) electrons. The molecule has 0 heterocycles. The van der Waals surface area contributed by atoms with Gasteiger partial charge in [-0.15, -0.1) is 0 Å². The van der Waals surface area contributed by atoms with Crippen LogP contribution >= 0.6 is 0 Å². The Hall–Kier alpha value is -2.37. The Morgan fingerprint density at radius 2 is 1.59 bits per heavy atom. The third kappa shape index (κ3) is 3.63. The molecule has 0 saturated heterocycles. The Kier molecular flexibility index (Phi) is 4.21. The van der Waals surface area contributed by atoms with E-state index in [1.165, 1.54) is 48.5 Å². The lowest BCUT2D eigenvalue weighted by Crippen LogP contribution is -2.13. The summed E-state index contributed by atoms with van der Waals surface area (Å²) in [6.45, 7) is 0. The highest BCUT2D eigenvalue weighted by atomic mass is 32.2. The third-order valence-electron chi connectivity index (χ3n) is 2.81. The molecule has 0 aromatic heterocycles. The molecular formula is C14H12N2O4S2. The van der Waals surface area contributed by atoms with E-state index >= 15 is 0 Å². The van der Waals surface area contributed by atoms with Crippen LogP contribution in [-0.4, -0.2) is 23.1 Å². The second kappa shape index (κ2) is 5.79. The minimum absolute atomic E-state index is 0.0174.